The van der Waals surface area contributed by atoms with Gasteiger partial charge < -0.3 is 15.2 Å². The highest BCUT2D eigenvalue weighted by Crippen LogP contribution is 2.05. The van der Waals surface area contributed by atoms with E-state index < -0.39 is 0 Å². The van der Waals surface area contributed by atoms with Gasteiger partial charge in [-0.2, -0.15) is 11.8 Å². The van der Waals surface area contributed by atoms with E-state index in [0.717, 1.165) is 48.8 Å². The van der Waals surface area contributed by atoms with Gasteiger partial charge >= 0.3 is 0 Å². The molecule has 1 rings (SSSR count). The second-order valence-corrected chi connectivity index (χ2v) is 7.46. The van der Waals surface area contributed by atoms with Crippen LogP contribution in [-0.4, -0.2) is 45.8 Å². The fourth-order valence-corrected chi connectivity index (χ4v) is 2.65. The third-order valence-corrected chi connectivity index (χ3v) is 4.58. The average molecular weight is 355 g/mol. The molecular formula is C17H34N6S. The smallest absolute Gasteiger partial charge is 0.191 e. The second-order valence-electron chi connectivity index (χ2n) is 6.48. The molecule has 0 amide bonds. The summed E-state index contributed by atoms with van der Waals surface area (Å²) in [5.41, 5.74) is 0. The minimum absolute atomic E-state index is 0.543. The Morgan fingerprint density at radius 2 is 1.88 bits per heavy atom. The molecule has 138 valence electrons. The van der Waals surface area contributed by atoms with Crippen molar-refractivity contribution in [3.05, 3.63) is 11.6 Å². The summed E-state index contributed by atoms with van der Waals surface area (Å²) in [5.74, 6) is 4.62. The number of nitrogens with one attached hydrogen (secondary N) is 2. The fraction of sp³-hybridized carbons (Fsp3) is 0.824. The molecule has 0 aliphatic heterocycles. The van der Waals surface area contributed by atoms with Crippen molar-refractivity contribution in [1.29, 1.82) is 0 Å². The van der Waals surface area contributed by atoms with Gasteiger partial charge in [-0.3, -0.25) is 0 Å². The summed E-state index contributed by atoms with van der Waals surface area (Å²) < 4.78 is 1.98. The monoisotopic (exact) mass is 354 g/mol. The zero-order chi connectivity index (χ0) is 17.8. The fourth-order valence-electron chi connectivity index (χ4n) is 2.22. The summed E-state index contributed by atoms with van der Waals surface area (Å²) in [6.07, 6.45) is 6.99. The maximum atomic E-state index is 4.66. The average Bonchev–Trinajstić information content (AvgIpc) is 2.87. The normalized spacial score (nSPS) is 12.0. The van der Waals surface area contributed by atoms with Crippen molar-refractivity contribution >= 4 is 17.7 Å². The van der Waals surface area contributed by atoms with Gasteiger partial charge in [0.05, 0.1) is 0 Å². The molecule has 0 aromatic carbocycles. The lowest BCUT2D eigenvalue weighted by atomic mass is 10.1. The molecule has 0 aliphatic carbocycles. The molecule has 2 N–H and O–H groups in total. The Balaban J connectivity index is 2.46. The van der Waals surface area contributed by atoms with Crippen LogP contribution in [0.2, 0.25) is 0 Å². The first kappa shape index (κ1) is 20.8. The number of hydrogen-bond donors (Lipinski definition) is 2. The van der Waals surface area contributed by atoms with Crippen molar-refractivity contribution in [2.45, 2.75) is 53.0 Å². The quantitative estimate of drug-likeness (QED) is 0.363. The molecule has 0 aliphatic rings. The van der Waals surface area contributed by atoms with Crippen molar-refractivity contribution < 1.29 is 0 Å². The maximum Gasteiger partial charge on any atom is 0.191 e. The van der Waals surface area contributed by atoms with Crippen molar-refractivity contribution in [3.63, 3.8) is 0 Å². The van der Waals surface area contributed by atoms with Crippen LogP contribution in [0.15, 0.2) is 4.99 Å². The van der Waals surface area contributed by atoms with Gasteiger partial charge in [0.1, 0.15) is 12.4 Å². The van der Waals surface area contributed by atoms with Crippen LogP contribution in [0.3, 0.4) is 0 Å². The molecule has 6 nitrogen and oxygen atoms in total. The van der Waals surface area contributed by atoms with Crippen LogP contribution < -0.4 is 10.6 Å². The van der Waals surface area contributed by atoms with Crippen LogP contribution in [0.1, 0.15) is 51.2 Å². The standard InChI is InChI=1S/C17H34N6S/c1-14(2)9-6-7-10-18-17(19-11-8-12-24-5)20-13-16-22-21-15(3)23(16)4/h14H,6-13H2,1-5H3,(H2,18,19,20). The largest absolute Gasteiger partial charge is 0.356 e. The van der Waals surface area contributed by atoms with E-state index >= 15 is 0 Å². The Morgan fingerprint density at radius 3 is 2.46 bits per heavy atom. The van der Waals surface area contributed by atoms with E-state index in [1.807, 2.05) is 30.3 Å². The van der Waals surface area contributed by atoms with E-state index in [-0.39, 0.29) is 0 Å². The number of thioether (sulfide) groups is 1. The second kappa shape index (κ2) is 12.2. The van der Waals surface area contributed by atoms with Gasteiger partial charge in [0, 0.05) is 20.1 Å². The molecule has 0 fully saturated rings. The minimum Gasteiger partial charge on any atom is -0.356 e. The number of aromatic nitrogens is 3. The topological polar surface area (TPSA) is 67.1 Å². The summed E-state index contributed by atoms with van der Waals surface area (Å²) in [6, 6.07) is 0. The molecule has 0 bridgehead atoms. The highest BCUT2D eigenvalue weighted by Gasteiger charge is 2.05. The molecule has 0 spiro atoms. The van der Waals surface area contributed by atoms with Gasteiger partial charge in [-0.15, -0.1) is 10.2 Å². The molecule has 0 atom stereocenters. The van der Waals surface area contributed by atoms with Crippen LogP contribution >= 0.6 is 11.8 Å². The Kier molecular flexibility index (Phi) is 10.5. The van der Waals surface area contributed by atoms with Gasteiger partial charge in [-0.1, -0.05) is 26.7 Å². The predicted octanol–water partition coefficient (Wildman–Crippen LogP) is 2.74. The van der Waals surface area contributed by atoms with Gasteiger partial charge in [-0.05, 0) is 37.7 Å². The summed E-state index contributed by atoms with van der Waals surface area (Å²) >= 11 is 1.87. The highest BCUT2D eigenvalue weighted by atomic mass is 32.2. The van der Waals surface area contributed by atoms with E-state index in [9.17, 15) is 0 Å². The van der Waals surface area contributed by atoms with Crippen LogP contribution in [-0.2, 0) is 13.6 Å². The van der Waals surface area contributed by atoms with Gasteiger partial charge in [-0.25, -0.2) is 4.99 Å². The zero-order valence-electron chi connectivity index (χ0n) is 15.9. The summed E-state index contributed by atoms with van der Waals surface area (Å²) in [4.78, 5) is 4.66. The Bertz CT molecular complexity index is 483. The lowest BCUT2D eigenvalue weighted by Gasteiger charge is -2.13. The summed E-state index contributed by atoms with van der Waals surface area (Å²) in [7, 11) is 1.98. The first-order chi connectivity index (χ1) is 11.5. The number of rotatable bonds is 11. The Labute approximate surface area is 151 Å². The number of nitrogens with zero attached hydrogens (tertiary/aromatic N) is 4. The SMILES string of the molecule is CSCCCNC(=NCc1nnc(C)n1C)NCCCCC(C)C. The molecule has 0 radical (unpaired) electrons. The molecule has 24 heavy (non-hydrogen) atoms. The first-order valence-electron chi connectivity index (χ1n) is 8.90. The number of guanidine groups is 1. The molecule has 1 heterocycles. The van der Waals surface area contributed by atoms with Gasteiger partial charge in [0.2, 0.25) is 0 Å². The van der Waals surface area contributed by atoms with E-state index in [1.54, 1.807) is 0 Å². The molecule has 7 heteroatoms. The van der Waals surface area contributed by atoms with E-state index in [4.69, 9.17) is 0 Å². The molecule has 0 unspecified atom stereocenters. The Hall–Kier alpha value is -1.24. The lowest BCUT2D eigenvalue weighted by Crippen LogP contribution is -2.38. The zero-order valence-corrected chi connectivity index (χ0v) is 16.7. The third kappa shape index (κ3) is 8.57. The van der Waals surface area contributed by atoms with Gasteiger partial charge in [0.25, 0.3) is 0 Å². The minimum atomic E-state index is 0.543. The Morgan fingerprint density at radius 1 is 1.17 bits per heavy atom. The summed E-state index contributed by atoms with van der Waals surface area (Å²) in [5, 5.41) is 15.1. The van der Waals surface area contributed by atoms with Gasteiger partial charge in [0.15, 0.2) is 11.8 Å². The molecular weight excluding hydrogens is 320 g/mol. The number of unbranched alkanes of at least 4 members (excludes halogenated alkanes) is 1. The lowest BCUT2D eigenvalue weighted by molar-refractivity contribution is 0.534. The number of hydrogen-bond acceptors (Lipinski definition) is 4. The number of aryl methyl sites for hydroxylation is 1. The van der Waals surface area contributed by atoms with Crippen LogP contribution in [0.5, 0.6) is 0 Å². The van der Waals surface area contributed by atoms with Crippen molar-refractivity contribution in [1.82, 2.24) is 25.4 Å². The third-order valence-electron chi connectivity index (χ3n) is 3.88. The molecule has 0 saturated heterocycles. The van der Waals surface area contributed by atoms with Crippen molar-refractivity contribution in [2.24, 2.45) is 18.0 Å². The van der Waals surface area contributed by atoms with E-state index in [0.29, 0.717) is 6.54 Å². The van der Waals surface area contributed by atoms with E-state index in [1.165, 1.54) is 19.3 Å². The molecule has 1 aromatic rings. The maximum absolute atomic E-state index is 4.66. The first-order valence-corrected chi connectivity index (χ1v) is 10.3. The van der Waals surface area contributed by atoms with Crippen molar-refractivity contribution in [2.75, 3.05) is 25.1 Å². The summed E-state index contributed by atoms with van der Waals surface area (Å²) in [6.45, 7) is 8.94. The number of aliphatic imine (C=N–C) groups is 1. The van der Waals surface area contributed by atoms with E-state index in [2.05, 4.69) is 45.9 Å². The predicted molar refractivity (Wildman–Crippen MR) is 105 cm³/mol. The van der Waals surface area contributed by atoms with Crippen LogP contribution in [0.4, 0.5) is 0 Å². The van der Waals surface area contributed by atoms with Crippen LogP contribution in [0.25, 0.3) is 0 Å². The van der Waals surface area contributed by atoms with Crippen molar-refractivity contribution in [3.8, 4) is 0 Å². The van der Waals surface area contributed by atoms with Crippen LogP contribution in [0, 0.1) is 12.8 Å². The molecule has 1 aromatic heterocycles. The highest BCUT2D eigenvalue weighted by molar-refractivity contribution is 7.98. The molecule has 0 saturated carbocycles.